The Labute approximate surface area is 289 Å². The lowest BCUT2D eigenvalue weighted by molar-refractivity contribution is -0.162. The molecule has 0 saturated carbocycles. The van der Waals surface area contributed by atoms with Crippen LogP contribution in [0.1, 0.15) is 39.3 Å². The summed E-state index contributed by atoms with van der Waals surface area (Å²) in [5.74, 6) is -3.56. The predicted octanol–water partition coefficient (Wildman–Crippen LogP) is -0.687. The van der Waals surface area contributed by atoms with E-state index in [1.807, 2.05) is 0 Å². The van der Waals surface area contributed by atoms with Gasteiger partial charge in [0.05, 0.1) is 19.3 Å². The molecule has 7 atom stereocenters. The van der Waals surface area contributed by atoms with Crippen LogP contribution < -0.4 is 16.0 Å². The first-order valence-corrected chi connectivity index (χ1v) is 18.8. The van der Waals surface area contributed by atoms with Crippen LogP contribution in [0.15, 0.2) is 30.3 Å². The molecule has 20 heteroatoms. The molecule has 1 aromatic rings. The van der Waals surface area contributed by atoms with Gasteiger partial charge in [-0.2, -0.15) is 0 Å². The van der Waals surface area contributed by atoms with E-state index in [4.69, 9.17) is 0 Å². The van der Waals surface area contributed by atoms with Gasteiger partial charge in [-0.15, -0.1) is 23.5 Å². The van der Waals surface area contributed by atoms with Gasteiger partial charge in [0.25, 0.3) is 0 Å². The molecule has 0 bridgehead atoms. The zero-order valence-electron chi connectivity index (χ0n) is 27.0. The number of carbonyl (C=O) groups excluding carboxylic acids is 6. The third kappa shape index (κ3) is 5.66. The number of β-lactam (4-membered cyclic amide) rings is 2. The molecule has 0 radical (unpaired) electrons. The molecule has 0 spiro atoms. The monoisotopic (exact) mass is 737 g/mol. The highest BCUT2D eigenvalue weighted by Crippen LogP contribution is 2.53. The lowest BCUT2D eigenvalue weighted by Crippen LogP contribution is -2.74. The molecule has 5 saturated heterocycles. The summed E-state index contributed by atoms with van der Waals surface area (Å²) in [6.45, 7) is 6.50. The molecule has 0 aliphatic carbocycles. The van der Waals surface area contributed by atoms with Gasteiger partial charge >= 0.3 is 18.0 Å². The van der Waals surface area contributed by atoms with E-state index in [9.17, 15) is 47.1 Å². The number of nitrogens with one attached hydrogen (secondary N) is 3. The first-order chi connectivity index (χ1) is 22.8. The second-order valence-corrected chi connectivity index (χ2v) is 18.8. The summed E-state index contributed by atoms with van der Waals surface area (Å²) in [5, 5.41) is 16.3. The van der Waals surface area contributed by atoms with Crippen LogP contribution in [0.2, 0.25) is 0 Å². The molecule has 1 aromatic carbocycles. The van der Waals surface area contributed by atoms with Crippen LogP contribution in [-0.2, 0) is 34.0 Å². The summed E-state index contributed by atoms with van der Waals surface area (Å²) >= 11 is 2.56. The maximum Gasteiger partial charge on any atom is 0.341 e. The number of carboxylic acids is 1. The minimum absolute atomic E-state index is 0.226. The van der Waals surface area contributed by atoms with Crippen molar-refractivity contribution in [1.82, 2.24) is 35.0 Å². The van der Waals surface area contributed by atoms with Crippen molar-refractivity contribution in [2.45, 2.75) is 78.1 Å². The Bertz CT molecular complexity index is 1770. The van der Waals surface area contributed by atoms with E-state index >= 15 is 0 Å². The van der Waals surface area contributed by atoms with E-state index in [0.29, 0.717) is 14.8 Å². The Hall–Kier alpha value is -4.04. The molecule has 264 valence electrons. The largest absolute Gasteiger partial charge is 0.480 e. The molecule has 6 rings (SSSR count). The number of nitrogens with zero attached hydrogens (tertiary/aromatic N) is 4. The highest BCUT2D eigenvalue weighted by atomic mass is 32.2. The number of fused-ring (bicyclic) bond motifs is 2. The Morgan fingerprint density at radius 3 is 1.92 bits per heavy atom. The highest BCUT2D eigenvalue weighted by molar-refractivity contribution is 8.02. The third-order valence-corrected chi connectivity index (χ3v) is 13.5. The van der Waals surface area contributed by atoms with Crippen molar-refractivity contribution < 1.29 is 47.1 Å². The molecular formula is C29H35N7O10S3. The average Bonchev–Trinajstić information content (AvgIpc) is 3.62. The molecule has 5 aliphatic heterocycles. The van der Waals surface area contributed by atoms with Crippen LogP contribution >= 0.6 is 23.5 Å². The Kier molecular flexibility index (Phi) is 8.37. The van der Waals surface area contributed by atoms with Crippen LogP contribution in [-0.4, -0.2) is 138 Å². The average molecular weight is 738 g/mol. The number of hydrogen-bond acceptors (Lipinski definition) is 11. The topological polar surface area (TPSA) is 223 Å². The zero-order chi connectivity index (χ0) is 36.0. The summed E-state index contributed by atoms with van der Waals surface area (Å²) in [6, 6.07) is 0.545. The zero-order valence-corrected chi connectivity index (χ0v) is 29.4. The number of urea groups is 2. The summed E-state index contributed by atoms with van der Waals surface area (Å²) in [4.78, 5) is 94.8. The van der Waals surface area contributed by atoms with Crippen molar-refractivity contribution in [3.8, 4) is 0 Å². The van der Waals surface area contributed by atoms with Gasteiger partial charge in [0.1, 0.15) is 41.0 Å². The van der Waals surface area contributed by atoms with Gasteiger partial charge in [-0.1, -0.05) is 30.3 Å². The SMILES string of the molecule is CC1(C)S[C@@H]2[C@H](NC(=O)[C@@H]3N4C(=O)[C@@H](NC(=O)[C@H](NC(=O)N5CCN(S(C)(=O)=O)C5=O)c5ccccc5)[C@H]4SC3(C)C)C(=O)N2[C@H]1C(=O)O. The number of benzene rings is 1. The second kappa shape index (κ2) is 11.8. The van der Waals surface area contributed by atoms with Gasteiger partial charge in [0.2, 0.25) is 33.7 Å². The number of aliphatic carboxylic acids is 1. The fourth-order valence-electron chi connectivity index (χ4n) is 6.95. The Morgan fingerprint density at radius 2 is 1.39 bits per heavy atom. The molecule has 5 aliphatic rings. The quantitative estimate of drug-likeness (QED) is 0.244. The summed E-state index contributed by atoms with van der Waals surface area (Å²) < 4.78 is 22.8. The molecule has 0 aromatic heterocycles. The number of rotatable bonds is 8. The Morgan fingerprint density at radius 1 is 0.857 bits per heavy atom. The molecule has 8 amide bonds. The number of carbonyl (C=O) groups is 7. The van der Waals surface area contributed by atoms with E-state index in [0.717, 1.165) is 6.26 Å². The molecule has 5 heterocycles. The maximum absolute atomic E-state index is 13.7. The van der Waals surface area contributed by atoms with Gasteiger partial charge < -0.3 is 30.9 Å². The summed E-state index contributed by atoms with van der Waals surface area (Å²) in [6.07, 6.45) is 0.841. The molecular weight excluding hydrogens is 703 g/mol. The number of carboxylic acid groups (broad SMARTS) is 1. The van der Waals surface area contributed by atoms with Crippen LogP contribution in [0.3, 0.4) is 0 Å². The van der Waals surface area contributed by atoms with Gasteiger partial charge in [-0.25, -0.2) is 32.0 Å². The lowest BCUT2D eigenvalue weighted by Gasteiger charge is -2.46. The van der Waals surface area contributed by atoms with Gasteiger partial charge in [0, 0.05) is 9.49 Å². The van der Waals surface area contributed by atoms with E-state index in [1.165, 1.54) is 33.3 Å². The fraction of sp³-hybridized carbons (Fsp3) is 0.552. The van der Waals surface area contributed by atoms with Gasteiger partial charge in [0.15, 0.2) is 0 Å². The first-order valence-electron chi connectivity index (χ1n) is 15.2. The highest BCUT2D eigenvalue weighted by Gasteiger charge is 2.67. The van der Waals surface area contributed by atoms with Crippen LogP contribution in [0.25, 0.3) is 0 Å². The minimum Gasteiger partial charge on any atom is -0.480 e. The van der Waals surface area contributed by atoms with Crippen molar-refractivity contribution in [2.75, 3.05) is 19.3 Å². The maximum atomic E-state index is 13.7. The predicted molar refractivity (Wildman–Crippen MR) is 175 cm³/mol. The van der Waals surface area contributed by atoms with Crippen molar-refractivity contribution >= 4 is 75.2 Å². The van der Waals surface area contributed by atoms with E-state index in [1.54, 1.807) is 58.0 Å². The number of sulfonamides is 1. The molecule has 5 fully saturated rings. The lowest BCUT2D eigenvalue weighted by atomic mass is 9.93. The normalized spacial score (nSPS) is 30.2. The van der Waals surface area contributed by atoms with E-state index in [-0.39, 0.29) is 13.1 Å². The van der Waals surface area contributed by atoms with Crippen molar-refractivity contribution in [2.24, 2.45) is 0 Å². The van der Waals surface area contributed by atoms with Crippen molar-refractivity contribution in [1.29, 1.82) is 0 Å². The number of thioether (sulfide) groups is 2. The second-order valence-electron chi connectivity index (χ2n) is 13.4. The van der Waals surface area contributed by atoms with Gasteiger partial charge in [-0.3, -0.25) is 19.2 Å². The van der Waals surface area contributed by atoms with Crippen LogP contribution in [0.4, 0.5) is 9.59 Å². The third-order valence-electron chi connectivity index (χ3n) is 9.24. The van der Waals surface area contributed by atoms with Gasteiger partial charge in [-0.05, 0) is 33.3 Å². The summed E-state index contributed by atoms with van der Waals surface area (Å²) in [5.41, 5.74) is 0.331. The van der Waals surface area contributed by atoms with E-state index < -0.39 is 102 Å². The fourth-order valence-corrected chi connectivity index (χ4v) is 11.0. The smallest absolute Gasteiger partial charge is 0.341 e. The van der Waals surface area contributed by atoms with Crippen molar-refractivity contribution in [3.05, 3.63) is 35.9 Å². The number of imide groups is 1. The molecule has 0 unspecified atom stereocenters. The van der Waals surface area contributed by atoms with Crippen LogP contribution in [0, 0.1) is 0 Å². The summed E-state index contributed by atoms with van der Waals surface area (Å²) in [7, 11) is -3.91. The number of hydrogen-bond donors (Lipinski definition) is 4. The van der Waals surface area contributed by atoms with Crippen molar-refractivity contribution in [3.63, 3.8) is 0 Å². The molecule has 49 heavy (non-hydrogen) atoms. The minimum atomic E-state index is -3.91. The van der Waals surface area contributed by atoms with E-state index in [2.05, 4.69) is 16.0 Å². The standard InChI is InChI=1S/C29H35N7O10S3/c1-28(2)17(20(38)31-16-22(40)36-18(25(41)42)29(3,4)48-24(16)36)35-21(39)15(23(35)47-28)30-19(37)14(13-9-7-6-8-10-13)32-26(43)33-11-12-34(27(33)44)49(5,45)46/h6-10,14-18,23-24H,11-12H2,1-5H3,(H,30,37)(H,31,38)(H,32,43)(H,41,42)/t14-,15-,16-,17+,18+,23-,24-/m1/s1. The van der Waals surface area contributed by atoms with Crippen LogP contribution in [0.5, 0.6) is 0 Å². The number of amides is 8. The first kappa shape index (κ1) is 34.8. The Balaban J connectivity index is 1.14. The molecule has 4 N–H and O–H groups in total. The molecule has 17 nitrogen and oxygen atoms in total.